The van der Waals surface area contributed by atoms with Gasteiger partial charge in [0, 0.05) is 31.4 Å². The highest BCUT2D eigenvalue weighted by Crippen LogP contribution is 2.17. The van der Waals surface area contributed by atoms with Crippen molar-refractivity contribution in [2.75, 3.05) is 26.2 Å². The topological polar surface area (TPSA) is 42.1 Å². The van der Waals surface area contributed by atoms with Crippen LogP contribution in [0.25, 0.3) is 0 Å². The second-order valence-electron chi connectivity index (χ2n) is 4.93. The Kier molecular flexibility index (Phi) is 4.95. The molecule has 2 N–H and O–H groups in total. The zero-order valence-corrected chi connectivity index (χ0v) is 10.5. The maximum absolute atomic E-state index is 5.91. The van der Waals surface area contributed by atoms with Crippen molar-refractivity contribution in [3.05, 3.63) is 30.1 Å². The van der Waals surface area contributed by atoms with Crippen molar-refractivity contribution in [3.8, 4) is 0 Å². The van der Waals surface area contributed by atoms with E-state index in [1.165, 1.54) is 44.3 Å². The summed E-state index contributed by atoms with van der Waals surface area (Å²) in [5.74, 6) is 0.432. The summed E-state index contributed by atoms with van der Waals surface area (Å²) in [6.45, 7) is 4.26. The van der Waals surface area contributed by atoms with Crippen LogP contribution < -0.4 is 5.73 Å². The van der Waals surface area contributed by atoms with Crippen LogP contribution in [-0.4, -0.2) is 36.1 Å². The lowest BCUT2D eigenvalue weighted by molar-refractivity contribution is 0.267. The Balaban J connectivity index is 1.94. The van der Waals surface area contributed by atoms with Gasteiger partial charge in [0.2, 0.25) is 0 Å². The van der Waals surface area contributed by atoms with Gasteiger partial charge in [-0.15, -0.1) is 0 Å². The summed E-state index contributed by atoms with van der Waals surface area (Å²) in [6.07, 6.45) is 9.22. The fourth-order valence-corrected chi connectivity index (χ4v) is 2.56. The summed E-state index contributed by atoms with van der Waals surface area (Å²) >= 11 is 0. The molecule has 1 aromatic rings. The summed E-state index contributed by atoms with van der Waals surface area (Å²) in [5.41, 5.74) is 7.18. The van der Waals surface area contributed by atoms with Crippen LogP contribution in [0.15, 0.2) is 24.5 Å². The maximum atomic E-state index is 5.91. The molecule has 1 atom stereocenters. The van der Waals surface area contributed by atoms with E-state index in [2.05, 4.69) is 16.0 Å². The molecule has 1 aliphatic heterocycles. The van der Waals surface area contributed by atoms with Gasteiger partial charge in [0.15, 0.2) is 0 Å². The first-order valence-electron chi connectivity index (χ1n) is 6.72. The third kappa shape index (κ3) is 3.79. The average molecular weight is 233 g/mol. The van der Waals surface area contributed by atoms with Gasteiger partial charge in [-0.05, 0) is 37.6 Å². The number of hydrogen-bond acceptors (Lipinski definition) is 3. The minimum Gasteiger partial charge on any atom is -0.330 e. The van der Waals surface area contributed by atoms with Crippen LogP contribution in [0.2, 0.25) is 0 Å². The molecular weight excluding hydrogens is 210 g/mol. The number of aromatic nitrogens is 1. The van der Waals surface area contributed by atoms with E-state index in [9.17, 15) is 0 Å². The van der Waals surface area contributed by atoms with Crippen molar-refractivity contribution in [1.29, 1.82) is 0 Å². The summed E-state index contributed by atoms with van der Waals surface area (Å²) in [5, 5.41) is 0. The second kappa shape index (κ2) is 6.72. The van der Waals surface area contributed by atoms with Gasteiger partial charge in [-0.25, -0.2) is 0 Å². The van der Waals surface area contributed by atoms with Crippen LogP contribution in [-0.2, 0) is 0 Å². The minimum absolute atomic E-state index is 0.432. The first-order chi connectivity index (χ1) is 8.40. The Bertz CT molecular complexity index is 305. The lowest BCUT2D eigenvalue weighted by atomic mass is 10.0. The van der Waals surface area contributed by atoms with Gasteiger partial charge in [0.05, 0.1) is 0 Å². The monoisotopic (exact) mass is 233 g/mol. The number of likely N-dealkylation sites (tertiary alicyclic amines) is 1. The van der Waals surface area contributed by atoms with Crippen molar-refractivity contribution >= 4 is 0 Å². The molecule has 0 saturated carbocycles. The minimum atomic E-state index is 0.432. The number of hydrogen-bond donors (Lipinski definition) is 1. The molecule has 0 aromatic carbocycles. The zero-order chi connectivity index (χ0) is 11.9. The molecule has 94 valence electrons. The Morgan fingerprint density at radius 1 is 1.24 bits per heavy atom. The molecule has 0 amide bonds. The van der Waals surface area contributed by atoms with Gasteiger partial charge in [-0.3, -0.25) is 4.98 Å². The van der Waals surface area contributed by atoms with Gasteiger partial charge < -0.3 is 10.6 Å². The number of pyridine rings is 1. The fraction of sp³-hybridized carbons (Fsp3) is 0.643. The van der Waals surface area contributed by atoms with Crippen molar-refractivity contribution in [3.63, 3.8) is 0 Å². The highest BCUT2D eigenvalue weighted by Gasteiger charge is 2.16. The Morgan fingerprint density at radius 3 is 2.59 bits per heavy atom. The molecule has 2 rings (SSSR count). The lowest BCUT2D eigenvalue weighted by Crippen LogP contribution is -2.32. The molecule has 1 saturated heterocycles. The van der Waals surface area contributed by atoms with E-state index < -0.39 is 0 Å². The third-order valence-corrected chi connectivity index (χ3v) is 3.62. The van der Waals surface area contributed by atoms with E-state index >= 15 is 0 Å². The molecule has 0 spiro atoms. The molecule has 1 aliphatic rings. The van der Waals surface area contributed by atoms with Crippen LogP contribution in [0.4, 0.5) is 0 Å². The number of nitrogens with two attached hydrogens (primary N) is 1. The second-order valence-corrected chi connectivity index (χ2v) is 4.93. The highest BCUT2D eigenvalue weighted by molar-refractivity contribution is 5.15. The average Bonchev–Trinajstić information content (AvgIpc) is 2.65. The third-order valence-electron chi connectivity index (χ3n) is 3.62. The van der Waals surface area contributed by atoms with Crippen LogP contribution in [0.1, 0.15) is 37.2 Å². The molecule has 0 radical (unpaired) electrons. The van der Waals surface area contributed by atoms with Crippen LogP contribution in [0.5, 0.6) is 0 Å². The number of rotatable bonds is 4. The van der Waals surface area contributed by atoms with E-state index in [4.69, 9.17) is 5.73 Å². The molecule has 0 bridgehead atoms. The van der Waals surface area contributed by atoms with Gasteiger partial charge >= 0.3 is 0 Å². The van der Waals surface area contributed by atoms with E-state index in [1.54, 1.807) is 0 Å². The number of nitrogens with zero attached hydrogens (tertiary/aromatic N) is 2. The Morgan fingerprint density at radius 2 is 2.00 bits per heavy atom. The molecule has 2 heterocycles. The highest BCUT2D eigenvalue weighted by atomic mass is 15.1. The summed E-state index contributed by atoms with van der Waals surface area (Å²) in [7, 11) is 0. The Labute approximate surface area is 104 Å². The molecule has 17 heavy (non-hydrogen) atoms. The smallest absolute Gasteiger partial charge is 0.0303 e. The van der Waals surface area contributed by atoms with E-state index in [0.717, 1.165) is 6.54 Å². The van der Waals surface area contributed by atoms with Crippen molar-refractivity contribution in [2.45, 2.75) is 31.6 Å². The summed E-state index contributed by atoms with van der Waals surface area (Å²) < 4.78 is 0. The molecule has 3 heteroatoms. The van der Waals surface area contributed by atoms with E-state index in [0.29, 0.717) is 12.5 Å². The maximum Gasteiger partial charge on any atom is 0.0303 e. The van der Waals surface area contributed by atoms with Crippen molar-refractivity contribution in [1.82, 2.24) is 9.88 Å². The van der Waals surface area contributed by atoms with Gasteiger partial charge in [0.25, 0.3) is 0 Å². The predicted molar refractivity (Wildman–Crippen MR) is 70.9 cm³/mol. The first kappa shape index (κ1) is 12.5. The predicted octanol–water partition coefficient (Wildman–Crippen LogP) is 2.00. The van der Waals surface area contributed by atoms with E-state index in [-0.39, 0.29) is 0 Å². The Hall–Kier alpha value is -0.930. The molecular formula is C14H23N3. The molecule has 3 nitrogen and oxygen atoms in total. The van der Waals surface area contributed by atoms with Crippen LogP contribution in [0, 0.1) is 0 Å². The van der Waals surface area contributed by atoms with E-state index in [1.807, 2.05) is 18.5 Å². The molecule has 1 aromatic heterocycles. The summed E-state index contributed by atoms with van der Waals surface area (Å²) in [4.78, 5) is 6.76. The van der Waals surface area contributed by atoms with Crippen molar-refractivity contribution in [2.24, 2.45) is 5.73 Å². The SMILES string of the molecule is NCC(CN1CCCCCC1)c1cccnc1. The van der Waals surface area contributed by atoms with Crippen LogP contribution in [0.3, 0.4) is 0 Å². The quantitative estimate of drug-likeness (QED) is 0.865. The zero-order valence-electron chi connectivity index (χ0n) is 10.5. The fourth-order valence-electron chi connectivity index (χ4n) is 2.56. The molecule has 0 aliphatic carbocycles. The van der Waals surface area contributed by atoms with Gasteiger partial charge in [-0.1, -0.05) is 18.9 Å². The van der Waals surface area contributed by atoms with Gasteiger partial charge in [0.1, 0.15) is 0 Å². The lowest BCUT2D eigenvalue weighted by Gasteiger charge is -2.25. The largest absolute Gasteiger partial charge is 0.330 e. The van der Waals surface area contributed by atoms with Crippen LogP contribution >= 0.6 is 0 Å². The van der Waals surface area contributed by atoms with Gasteiger partial charge in [-0.2, -0.15) is 0 Å². The molecule has 1 fully saturated rings. The first-order valence-corrected chi connectivity index (χ1v) is 6.72. The standard InChI is InChI=1S/C14H23N3/c15-10-14(13-6-5-7-16-11-13)12-17-8-3-1-2-4-9-17/h5-7,11,14H,1-4,8-10,12,15H2. The normalized spacial score (nSPS) is 19.8. The van der Waals surface area contributed by atoms with Crippen molar-refractivity contribution < 1.29 is 0 Å². The summed E-state index contributed by atoms with van der Waals surface area (Å²) in [6, 6.07) is 4.14. The molecule has 1 unspecified atom stereocenters.